The van der Waals surface area contributed by atoms with Crippen molar-refractivity contribution in [2.45, 2.75) is 83.9 Å². The number of benzene rings is 5. The molecule has 3 heterocycles. The van der Waals surface area contributed by atoms with E-state index in [1.165, 1.54) is 22.9 Å². The van der Waals surface area contributed by atoms with Crippen molar-refractivity contribution in [3.8, 4) is 28.3 Å². The zero-order valence-electron chi connectivity index (χ0n) is 40.6. The number of para-hydroxylation sites is 4. The van der Waals surface area contributed by atoms with E-state index in [1.807, 2.05) is 32.0 Å². The summed E-state index contributed by atoms with van der Waals surface area (Å²) >= 11 is -2.42. The van der Waals surface area contributed by atoms with E-state index in [4.69, 9.17) is 19.0 Å². The second-order valence-electron chi connectivity index (χ2n) is 16.1. The van der Waals surface area contributed by atoms with E-state index >= 15 is 0 Å². The molecule has 0 atom stereocenters. The van der Waals surface area contributed by atoms with Crippen molar-refractivity contribution < 1.29 is 34.1 Å². The minimum atomic E-state index is -2.55. The summed E-state index contributed by atoms with van der Waals surface area (Å²) in [6.45, 7) is 10.2. The van der Waals surface area contributed by atoms with Crippen molar-refractivity contribution in [3.05, 3.63) is 144 Å². The van der Waals surface area contributed by atoms with Gasteiger partial charge in [0.2, 0.25) is 0 Å². The maximum absolute atomic E-state index is 8.61. The molecule has 8 aromatic rings. The van der Waals surface area contributed by atoms with E-state index in [0.29, 0.717) is 28.7 Å². The van der Waals surface area contributed by atoms with E-state index in [9.17, 15) is 0 Å². The molecule has 289 valence electrons. The molecular weight excluding hydrogens is 923 g/mol. The number of imidazole rings is 1. The Labute approximate surface area is 359 Å². The summed E-state index contributed by atoms with van der Waals surface area (Å²) in [5.41, 5.74) is 9.66. The van der Waals surface area contributed by atoms with Crippen LogP contribution in [0.1, 0.15) is 85.2 Å². The molecule has 5 aromatic carbocycles. The molecule has 0 aliphatic rings. The predicted molar refractivity (Wildman–Crippen MR) is 236 cm³/mol. The van der Waals surface area contributed by atoms with Crippen LogP contribution >= 0.6 is 0 Å². The second kappa shape index (κ2) is 17.1. The zero-order valence-corrected chi connectivity index (χ0v) is 38.0. The van der Waals surface area contributed by atoms with Gasteiger partial charge < -0.3 is 8.98 Å². The molecule has 0 saturated heterocycles. The van der Waals surface area contributed by atoms with Gasteiger partial charge in [-0.25, -0.2) is 0 Å². The van der Waals surface area contributed by atoms with Crippen molar-refractivity contribution in [2.75, 3.05) is 0 Å². The molecule has 0 spiro atoms. The van der Waals surface area contributed by atoms with Crippen LogP contribution in [0.5, 0.6) is 0 Å². The van der Waals surface area contributed by atoms with E-state index < -0.39 is 26.5 Å². The molecule has 1 radical (unpaired) electrons. The van der Waals surface area contributed by atoms with Crippen molar-refractivity contribution >= 4 is 50.6 Å². The smallest absolute Gasteiger partial charge is 0 e. The zero-order chi connectivity index (χ0) is 45.1. The van der Waals surface area contributed by atoms with Crippen LogP contribution < -0.4 is 4.40 Å². The Hall–Kier alpha value is -4.29. The molecule has 0 saturated carbocycles. The Morgan fingerprint density at radius 1 is 0.821 bits per heavy atom. The van der Waals surface area contributed by atoms with Gasteiger partial charge in [-0.15, -0.1) is 23.8 Å². The van der Waals surface area contributed by atoms with Crippen molar-refractivity contribution in [1.29, 1.82) is 0 Å². The maximum atomic E-state index is 8.61. The SMILES string of the molecule is CC(C)c1cccc(C(C)C)c1-n1c(-c2[c-]cc3oc4ccccc4c3c2)nc2ccccc21.[2H]c1[c-]c(-c2cc(C([2H])([2H])C(C)C)[c]([Ge]([CH3])([CH3])[CH3])cn2)cc([2H])c1C([2H])([2H])[2H].[Ir]. The van der Waals surface area contributed by atoms with E-state index in [-0.39, 0.29) is 43.7 Å². The number of aromatic nitrogens is 3. The molecule has 0 unspecified atom stereocenters. The summed E-state index contributed by atoms with van der Waals surface area (Å²) in [5.74, 6) is 7.96. The van der Waals surface area contributed by atoms with Gasteiger partial charge in [-0.3, -0.25) is 4.98 Å². The van der Waals surface area contributed by atoms with Gasteiger partial charge in [0.1, 0.15) is 5.58 Å². The predicted octanol–water partition coefficient (Wildman–Crippen LogP) is 13.2. The Balaban J connectivity index is 0.000000211. The molecule has 3 aromatic heterocycles. The van der Waals surface area contributed by atoms with Gasteiger partial charge in [-0.2, -0.15) is 0 Å². The van der Waals surface area contributed by atoms with Gasteiger partial charge in [0.15, 0.2) is 0 Å². The topological polar surface area (TPSA) is 43.9 Å². The van der Waals surface area contributed by atoms with Gasteiger partial charge in [0.25, 0.3) is 0 Å². The summed E-state index contributed by atoms with van der Waals surface area (Å²) in [6, 6.07) is 36.0. The molecule has 4 nitrogen and oxygen atoms in total. The first-order valence-corrected chi connectivity index (χ1v) is 26.4. The third-order valence-corrected chi connectivity index (χ3v) is 14.0. The largest absolute Gasteiger partial charge is 0 e. The second-order valence-corrected chi connectivity index (χ2v) is 26.6. The number of nitrogens with zero attached hydrogens (tertiary/aromatic N) is 3. The number of hydrogen-bond acceptors (Lipinski definition) is 3. The monoisotopic (exact) mass is 985 g/mol. The molecule has 0 aliphatic heterocycles. The van der Waals surface area contributed by atoms with Crippen LogP contribution in [0.4, 0.5) is 0 Å². The molecule has 0 bridgehead atoms. The van der Waals surface area contributed by atoms with E-state index in [1.54, 1.807) is 12.3 Å². The Morgan fingerprint density at radius 3 is 2.21 bits per heavy atom. The first kappa shape index (κ1) is 32.8. The third kappa shape index (κ3) is 8.51. The Kier molecular flexibility index (Phi) is 9.98. The van der Waals surface area contributed by atoms with Crippen LogP contribution in [0.2, 0.25) is 17.3 Å². The third-order valence-electron chi connectivity index (χ3n) is 9.79. The van der Waals surface area contributed by atoms with Crippen LogP contribution in [0.25, 0.3) is 61.3 Å². The molecule has 6 heteroatoms. The summed E-state index contributed by atoms with van der Waals surface area (Å²) in [4.78, 5) is 9.60. The minimum absolute atomic E-state index is 0. The molecule has 0 amide bonds. The van der Waals surface area contributed by atoms with Crippen molar-refractivity contribution in [1.82, 2.24) is 14.5 Å². The summed E-state index contributed by atoms with van der Waals surface area (Å²) in [7, 11) is 0. The molecule has 8 rings (SSSR count). The average Bonchev–Trinajstić information content (AvgIpc) is 3.77. The quantitative estimate of drug-likeness (QED) is 0.113. The van der Waals surface area contributed by atoms with Crippen molar-refractivity contribution in [3.63, 3.8) is 0 Å². The van der Waals surface area contributed by atoms with Crippen LogP contribution in [0.15, 0.2) is 114 Å². The van der Waals surface area contributed by atoms with Crippen LogP contribution in [-0.2, 0) is 26.5 Å². The maximum Gasteiger partial charge on any atom is 0 e. The molecule has 56 heavy (non-hydrogen) atoms. The van der Waals surface area contributed by atoms with E-state index in [0.717, 1.165) is 48.8 Å². The fourth-order valence-corrected chi connectivity index (χ4v) is 10.1. The number of furan rings is 1. The van der Waals surface area contributed by atoms with Crippen LogP contribution in [0, 0.1) is 24.9 Å². The molecular formula is C50H53GeIrN3O-2. The van der Waals surface area contributed by atoms with Gasteiger partial charge in [0, 0.05) is 31.2 Å². The number of fused-ring (bicyclic) bond motifs is 4. The number of hydrogen-bond donors (Lipinski definition) is 0. The number of pyridine rings is 1. The molecule has 0 N–H and O–H groups in total. The van der Waals surface area contributed by atoms with Gasteiger partial charge in [0.05, 0.1) is 22.4 Å². The van der Waals surface area contributed by atoms with E-state index in [2.05, 4.69) is 127 Å². The standard InChI is InChI=1S/C31H27N2O.C19H26GeN.Ir/c1-19(2)22-11-9-12-23(20(3)4)30(22)33-27-14-7-6-13-26(27)32-31(33)21-16-17-29-25(18-21)24-10-5-8-15-28(24)34-29;1-14(2)11-17-12-19(16-9-7-15(3)8-10-16)21-13-18(17)20(4,5)6;/h5-15,17-20H,1-4H3;7-9,12-14H,11H2,1-6H3;/q2*-1;/i;3D3,7D,8D,11D2;. The minimum Gasteiger partial charge on any atom is 0 e. The van der Waals surface area contributed by atoms with Gasteiger partial charge >= 0.3 is 141 Å². The number of rotatable bonds is 8. The van der Waals surface area contributed by atoms with Crippen LogP contribution in [0.3, 0.4) is 0 Å². The van der Waals surface area contributed by atoms with Crippen LogP contribution in [-0.4, -0.2) is 27.8 Å². The summed E-state index contributed by atoms with van der Waals surface area (Å²) in [5, 5.41) is 2.20. The van der Waals surface area contributed by atoms with Crippen molar-refractivity contribution in [2.24, 2.45) is 5.92 Å². The first-order chi connectivity index (χ1) is 29.1. The Bertz CT molecular complexity index is 2900. The Morgan fingerprint density at radius 2 is 1.54 bits per heavy atom. The van der Waals surface area contributed by atoms with Gasteiger partial charge in [-0.05, 0) is 41.2 Å². The molecule has 0 aliphatic carbocycles. The fourth-order valence-electron chi connectivity index (χ4n) is 7.12. The molecule has 0 fully saturated rings. The summed E-state index contributed by atoms with van der Waals surface area (Å²) < 4.78 is 65.2. The normalized spacial score (nSPS) is 14.1. The fraction of sp³-hybridized carbons (Fsp3) is 0.280. The summed E-state index contributed by atoms with van der Waals surface area (Å²) in [6.07, 6.45) is 0.154. The average molecular weight is 984 g/mol. The van der Waals surface area contributed by atoms with Gasteiger partial charge in [-0.1, -0.05) is 81.6 Å². The first-order valence-electron chi connectivity index (χ1n) is 22.6.